The third kappa shape index (κ3) is 4.02. The van der Waals surface area contributed by atoms with Gasteiger partial charge in [-0.15, -0.1) is 0 Å². The molecule has 156 valence electrons. The lowest BCUT2D eigenvalue weighted by molar-refractivity contribution is 0.0526. The number of aryl methyl sites for hydroxylation is 1. The molecule has 0 radical (unpaired) electrons. The van der Waals surface area contributed by atoms with E-state index in [0.29, 0.717) is 11.4 Å². The second kappa shape index (κ2) is 7.97. The molecule has 0 saturated carbocycles. The minimum absolute atomic E-state index is 0.0240. The average Bonchev–Trinajstić information content (AvgIpc) is 3.33. The molecule has 0 spiro atoms. The largest absolute Gasteiger partial charge is 0.351 e. The summed E-state index contributed by atoms with van der Waals surface area (Å²) in [4.78, 5) is 38.6. The Hall–Kier alpha value is -3.69. The van der Waals surface area contributed by atoms with Crippen molar-refractivity contribution in [1.29, 1.82) is 0 Å². The molecule has 9 nitrogen and oxygen atoms in total. The number of halogens is 1. The van der Waals surface area contributed by atoms with Crippen molar-refractivity contribution in [3.63, 3.8) is 0 Å². The number of nitrogens with one attached hydrogen (secondary N) is 2. The van der Waals surface area contributed by atoms with Gasteiger partial charge in [-0.3, -0.25) is 19.5 Å². The first-order valence-electron chi connectivity index (χ1n) is 9.45. The first kappa shape index (κ1) is 19.6. The summed E-state index contributed by atoms with van der Waals surface area (Å²) in [6, 6.07) is 10.9. The molecule has 0 aliphatic carbocycles. The van der Waals surface area contributed by atoms with Gasteiger partial charge < -0.3 is 14.7 Å². The van der Waals surface area contributed by atoms with Crippen LogP contribution in [0.5, 0.6) is 0 Å². The van der Waals surface area contributed by atoms with E-state index in [-0.39, 0.29) is 31.0 Å². The molecule has 2 amide bonds. The van der Waals surface area contributed by atoms with Crippen LogP contribution in [0.3, 0.4) is 0 Å². The van der Waals surface area contributed by atoms with Crippen LogP contribution in [0, 0.1) is 6.92 Å². The van der Waals surface area contributed by atoms with Gasteiger partial charge in [0.1, 0.15) is 11.9 Å². The molecule has 0 bridgehead atoms. The van der Waals surface area contributed by atoms with Crippen molar-refractivity contribution in [2.24, 2.45) is 0 Å². The molecular weight excluding hydrogens is 393 g/mol. The normalized spacial score (nSPS) is 18.9. The quantitative estimate of drug-likeness (QED) is 0.672. The topological polar surface area (TPSA) is 113 Å². The molecule has 2 N–H and O–H groups in total. The smallest absolute Gasteiger partial charge is 0.292 e. The molecule has 0 unspecified atom stereocenters. The number of hydrogen-bond donors (Lipinski definition) is 2. The molecule has 3 heterocycles. The van der Waals surface area contributed by atoms with Gasteiger partial charge in [-0.25, -0.2) is 9.07 Å². The van der Waals surface area contributed by atoms with E-state index < -0.39 is 29.6 Å². The molecule has 30 heavy (non-hydrogen) atoms. The van der Waals surface area contributed by atoms with E-state index in [2.05, 4.69) is 15.6 Å². The van der Waals surface area contributed by atoms with Crippen LogP contribution in [-0.4, -0.2) is 57.0 Å². The number of alkyl halides is 1. The maximum absolute atomic E-state index is 14.3. The summed E-state index contributed by atoms with van der Waals surface area (Å²) >= 11 is 0. The number of H-pyrrole nitrogens is 1. The summed E-state index contributed by atoms with van der Waals surface area (Å²) in [7, 11) is 0. The number of likely N-dealkylation sites (tertiary alicyclic amines) is 1. The highest BCUT2D eigenvalue weighted by Gasteiger charge is 2.33. The van der Waals surface area contributed by atoms with E-state index in [1.807, 2.05) is 6.07 Å². The summed E-state index contributed by atoms with van der Waals surface area (Å²) in [5, 5.41) is 9.12. The Morgan fingerprint density at radius 3 is 2.70 bits per heavy atom. The number of aromatic amines is 1. The number of para-hydroxylation sites is 1. The van der Waals surface area contributed by atoms with Gasteiger partial charge in [0, 0.05) is 31.1 Å². The van der Waals surface area contributed by atoms with Gasteiger partial charge in [-0.1, -0.05) is 23.4 Å². The second-order valence-electron chi connectivity index (χ2n) is 7.23. The molecular formula is C20H20FN5O4. The number of hydrogen-bond acceptors (Lipinski definition) is 5. The SMILES string of the molecule is Cc1cc(C(=O)N2C[C@H](F)C[C@H](NC(=O)c3cc(=O)n(-c4ccccc4)[nH]3)C2)on1. The van der Waals surface area contributed by atoms with Gasteiger partial charge in [0.25, 0.3) is 17.4 Å². The molecule has 1 aromatic carbocycles. The van der Waals surface area contributed by atoms with Gasteiger partial charge in [0.15, 0.2) is 0 Å². The molecule has 1 aliphatic heterocycles. The Labute approximate surface area is 170 Å². The Balaban J connectivity index is 1.46. The Kier molecular flexibility index (Phi) is 5.21. The number of rotatable bonds is 4. The van der Waals surface area contributed by atoms with E-state index in [4.69, 9.17) is 4.52 Å². The summed E-state index contributed by atoms with van der Waals surface area (Å²) < 4.78 is 20.5. The van der Waals surface area contributed by atoms with Crippen molar-refractivity contribution in [2.45, 2.75) is 25.6 Å². The molecule has 10 heteroatoms. The molecule has 1 saturated heterocycles. The number of carbonyl (C=O) groups is 2. The predicted molar refractivity (Wildman–Crippen MR) is 104 cm³/mol. The second-order valence-corrected chi connectivity index (χ2v) is 7.23. The number of nitrogens with zero attached hydrogens (tertiary/aromatic N) is 3. The first-order valence-corrected chi connectivity index (χ1v) is 9.45. The monoisotopic (exact) mass is 413 g/mol. The van der Waals surface area contributed by atoms with E-state index in [1.54, 1.807) is 31.2 Å². The third-order valence-electron chi connectivity index (χ3n) is 4.84. The Morgan fingerprint density at radius 2 is 2.00 bits per heavy atom. The van der Waals surface area contributed by atoms with Crippen LogP contribution in [0.4, 0.5) is 4.39 Å². The fraction of sp³-hybridized carbons (Fsp3) is 0.300. The summed E-state index contributed by atoms with van der Waals surface area (Å²) in [6.45, 7) is 1.71. The summed E-state index contributed by atoms with van der Waals surface area (Å²) in [6.07, 6.45) is -1.24. The van der Waals surface area contributed by atoms with Crippen LogP contribution in [0.1, 0.15) is 33.2 Å². The maximum Gasteiger partial charge on any atom is 0.292 e. The minimum atomic E-state index is -1.30. The highest BCUT2D eigenvalue weighted by molar-refractivity contribution is 5.93. The van der Waals surface area contributed by atoms with Crippen molar-refractivity contribution < 1.29 is 18.5 Å². The predicted octanol–water partition coefficient (Wildman–Crippen LogP) is 1.44. The maximum atomic E-state index is 14.3. The van der Waals surface area contributed by atoms with E-state index in [0.717, 1.165) is 0 Å². The van der Waals surface area contributed by atoms with Crippen LogP contribution >= 0.6 is 0 Å². The van der Waals surface area contributed by atoms with Crippen LogP contribution in [0.15, 0.2) is 51.8 Å². The van der Waals surface area contributed by atoms with Crippen LogP contribution in [-0.2, 0) is 0 Å². The molecule has 4 rings (SSSR count). The van der Waals surface area contributed by atoms with E-state index >= 15 is 0 Å². The lowest BCUT2D eigenvalue weighted by atomic mass is 10.0. The van der Waals surface area contributed by atoms with Gasteiger partial charge in [0.05, 0.1) is 17.9 Å². The average molecular weight is 413 g/mol. The lowest BCUT2D eigenvalue weighted by Gasteiger charge is -2.34. The van der Waals surface area contributed by atoms with Gasteiger partial charge >= 0.3 is 0 Å². The number of piperidine rings is 1. The standard InChI is InChI=1S/C20H20FN5O4/c1-12-7-17(30-24-12)20(29)25-10-13(21)8-14(11-25)22-19(28)16-9-18(27)26(23-16)15-5-3-2-4-6-15/h2-7,9,13-14,23H,8,10-11H2,1H3,(H,22,28)/t13-,14+/m1/s1. The van der Waals surface area contributed by atoms with Crippen molar-refractivity contribution in [3.8, 4) is 5.69 Å². The van der Waals surface area contributed by atoms with Gasteiger partial charge in [-0.05, 0) is 19.1 Å². The molecule has 3 aromatic rings. The number of benzene rings is 1. The number of aromatic nitrogens is 3. The fourth-order valence-electron chi connectivity index (χ4n) is 3.47. The zero-order valence-electron chi connectivity index (χ0n) is 16.2. The van der Waals surface area contributed by atoms with Crippen molar-refractivity contribution in [1.82, 2.24) is 25.2 Å². The highest BCUT2D eigenvalue weighted by Crippen LogP contribution is 2.17. The fourth-order valence-corrected chi connectivity index (χ4v) is 3.47. The van der Waals surface area contributed by atoms with Crippen LogP contribution in [0.25, 0.3) is 5.69 Å². The zero-order chi connectivity index (χ0) is 21.3. The zero-order valence-corrected chi connectivity index (χ0v) is 16.2. The molecule has 2 aromatic heterocycles. The van der Waals surface area contributed by atoms with Gasteiger partial charge in [-0.2, -0.15) is 0 Å². The lowest BCUT2D eigenvalue weighted by Crippen LogP contribution is -2.53. The van der Waals surface area contributed by atoms with Crippen molar-refractivity contribution >= 4 is 11.8 Å². The van der Waals surface area contributed by atoms with Crippen LogP contribution < -0.4 is 10.9 Å². The number of amides is 2. The van der Waals surface area contributed by atoms with Crippen molar-refractivity contribution in [3.05, 3.63) is 70.0 Å². The van der Waals surface area contributed by atoms with Gasteiger partial charge in [0.2, 0.25) is 5.76 Å². The summed E-state index contributed by atoms with van der Waals surface area (Å²) in [5.41, 5.74) is 0.787. The molecule has 1 fully saturated rings. The highest BCUT2D eigenvalue weighted by atomic mass is 19.1. The number of carbonyl (C=O) groups excluding carboxylic acids is 2. The summed E-state index contributed by atoms with van der Waals surface area (Å²) in [5.74, 6) is -1.01. The molecule has 1 aliphatic rings. The van der Waals surface area contributed by atoms with Crippen LogP contribution in [0.2, 0.25) is 0 Å². The van der Waals surface area contributed by atoms with Crippen molar-refractivity contribution in [2.75, 3.05) is 13.1 Å². The minimum Gasteiger partial charge on any atom is -0.351 e. The molecule has 2 atom stereocenters. The van der Waals surface area contributed by atoms with E-state index in [9.17, 15) is 18.8 Å². The van der Waals surface area contributed by atoms with E-state index in [1.165, 1.54) is 21.7 Å². The first-order chi connectivity index (χ1) is 14.4. The Morgan fingerprint density at radius 1 is 1.23 bits per heavy atom. The third-order valence-corrected chi connectivity index (χ3v) is 4.84. The Bertz CT molecular complexity index is 1120.